The van der Waals surface area contributed by atoms with Crippen molar-refractivity contribution in [2.45, 2.75) is 31.8 Å². The van der Waals surface area contributed by atoms with Gasteiger partial charge in [0.1, 0.15) is 5.69 Å². The van der Waals surface area contributed by atoms with Crippen LogP contribution in [-0.2, 0) is 0 Å². The molecule has 4 rings (SSSR count). The second kappa shape index (κ2) is 5.61. The number of nitrogens with zero attached hydrogens (tertiary/aromatic N) is 5. The molecule has 2 aliphatic rings. The van der Waals surface area contributed by atoms with E-state index in [1.54, 1.807) is 18.5 Å². The van der Waals surface area contributed by atoms with Crippen LogP contribution in [0.1, 0.15) is 29.0 Å². The van der Waals surface area contributed by atoms with Gasteiger partial charge in [-0.1, -0.05) is 6.07 Å². The Morgan fingerprint density at radius 1 is 1.09 bits per heavy atom. The SMILES string of the molecule is Cc1cccc(C(=O)N2CC[C@@H]3[C@@H]2CCN3c2ncccn2)n1. The van der Waals surface area contributed by atoms with Gasteiger partial charge in [-0.2, -0.15) is 0 Å². The second-order valence-corrected chi connectivity index (χ2v) is 6.12. The van der Waals surface area contributed by atoms with Gasteiger partial charge in [-0.25, -0.2) is 15.0 Å². The van der Waals surface area contributed by atoms with Gasteiger partial charge in [-0.3, -0.25) is 4.79 Å². The number of carbonyl (C=O) groups excluding carboxylic acids is 1. The topological polar surface area (TPSA) is 62.2 Å². The first kappa shape index (κ1) is 14.1. The normalized spacial score (nSPS) is 23.2. The number of carbonyl (C=O) groups is 1. The quantitative estimate of drug-likeness (QED) is 0.844. The lowest BCUT2D eigenvalue weighted by Gasteiger charge is -2.25. The number of fused-ring (bicyclic) bond motifs is 1. The first-order valence-corrected chi connectivity index (χ1v) is 8.02. The molecule has 6 nitrogen and oxygen atoms in total. The molecule has 2 aliphatic heterocycles. The van der Waals surface area contributed by atoms with Gasteiger partial charge in [0, 0.05) is 31.2 Å². The zero-order valence-corrected chi connectivity index (χ0v) is 13.1. The first-order chi connectivity index (χ1) is 11.2. The van der Waals surface area contributed by atoms with Crippen molar-refractivity contribution >= 4 is 11.9 Å². The smallest absolute Gasteiger partial charge is 0.272 e. The lowest BCUT2D eigenvalue weighted by molar-refractivity contribution is 0.0731. The third-order valence-corrected chi connectivity index (χ3v) is 4.75. The summed E-state index contributed by atoms with van der Waals surface area (Å²) in [6.07, 6.45) is 5.45. The average molecular weight is 309 g/mol. The van der Waals surface area contributed by atoms with E-state index in [0.29, 0.717) is 11.7 Å². The Balaban J connectivity index is 1.55. The van der Waals surface area contributed by atoms with Gasteiger partial charge in [-0.05, 0) is 38.0 Å². The monoisotopic (exact) mass is 309 g/mol. The first-order valence-electron chi connectivity index (χ1n) is 8.02. The molecule has 0 spiro atoms. The van der Waals surface area contributed by atoms with Crippen LogP contribution in [0.15, 0.2) is 36.7 Å². The van der Waals surface area contributed by atoms with Crippen LogP contribution in [0.25, 0.3) is 0 Å². The molecule has 2 aromatic heterocycles. The standard InChI is InChI=1S/C17H19N5O/c1-12-4-2-5-13(20-12)16(23)21-10-6-15-14(21)7-11-22(15)17-18-8-3-9-19-17/h2-5,8-9,14-15H,6-7,10-11H2,1H3/t14-,15+/m0/s1. The Kier molecular flexibility index (Phi) is 3.44. The van der Waals surface area contributed by atoms with Crippen LogP contribution < -0.4 is 4.90 Å². The number of hydrogen-bond donors (Lipinski definition) is 0. The molecule has 0 N–H and O–H groups in total. The van der Waals surface area contributed by atoms with E-state index in [-0.39, 0.29) is 11.9 Å². The highest BCUT2D eigenvalue weighted by atomic mass is 16.2. The van der Waals surface area contributed by atoms with Crippen LogP contribution >= 0.6 is 0 Å². The largest absolute Gasteiger partial charge is 0.336 e. The fourth-order valence-electron chi connectivity index (χ4n) is 3.74. The predicted molar refractivity (Wildman–Crippen MR) is 86.2 cm³/mol. The highest BCUT2D eigenvalue weighted by Gasteiger charge is 2.45. The van der Waals surface area contributed by atoms with Gasteiger partial charge in [0.15, 0.2) is 0 Å². The minimum Gasteiger partial charge on any atom is -0.336 e. The van der Waals surface area contributed by atoms with E-state index in [1.165, 1.54) is 0 Å². The van der Waals surface area contributed by atoms with Crippen LogP contribution in [0.5, 0.6) is 0 Å². The minimum atomic E-state index is 0.0389. The molecule has 0 aromatic carbocycles. The van der Waals surface area contributed by atoms with E-state index >= 15 is 0 Å². The molecule has 118 valence electrons. The molecule has 2 aromatic rings. The molecular weight excluding hydrogens is 290 g/mol. The predicted octanol–water partition coefficient (Wildman–Crippen LogP) is 1.67. The highest BCUT2D eigenvalue weighted by Crippen LogP contribution is 2.34. The van der Waals surface area contributed by atoms with Crippen molar-refractivity contribution in [1.29, 1.82) is 0 Å². The summed E-state index contributed by atoms with van der Waals surface area (Å²) in [6, 6.07) is 7.97. The van der Waals surface area contributed by atoms with Crippen molar-refractivity contribution in [2.24, 2.45) is 0 Å². The van der Waals surface area contributed by atoms with Crippen molar-refractivity contribution in [1.82, 2.24) is 19.9 Å². The fraction of sp³-hybridized carbons (Fsp3) is 0.412. The Hall–Kier alpha value is -2.50. The van der Waals surface area contributed by atoms with E-state index in [2.05, 4.69) is 19.9 Å². The second-order valence-electron chi connectivity index (χ2n) is 6.12. The third-order valence-electron chi connectivity index (χ3n) is 4.75. The van der Waals surface area contributed by atoms with Crippen LogP contribution in [-0.4, -0.2) is 50.9 Å². The fourth-order valence-corrected chi connectivity index (χ4v) is 3.74. The molecule has 4 heterocycles. The van der Waals surface area contributed by atoms with Crippen LogP contribution in [0.3, 0.4) is 0 Å². The molecule has 0 unspecified atom stereocenters. The maximum absolute atomic E-state index is 12.8. The molecule has 2 atom stereocenters. The molecule has 1 amide bonds. The van der Waals surface area contributed by atoms with E-state index in [1.807, 2.05) is 30.0 Å². The lowest BCUT2D eigenvalue weighted by atomic mass is 10.1. The van der Waals surface area contributed by atoms with Gasteiger partial charge in [-0.15, -0.1) is 0 Å². The van der Waals surface area contributed by atoms with Gasteiger partial charge >= 0.3 is 0 Å². The number of amides is 1. The summed E-state index contributed by atoms with van der Waals surface area (Å²) in [7, 11) is 0. The Labute approximate surface area is 135 Å². The molecule has 0 saturated carbocycles. The highest BCUT2D eigenvalue weighted by molar-refractivity contribution is 5.93. The molecule has 0 radical (unpaired) electrons. The van der Waals surface area contributed by atoms with Crippen molar-refractivity contribution in [3.8, 4) is 0 Å². The lowest BCUT2D eigenvalue weighted by Crippen LogP contribution is -2.40. The van der Waals surface area contributed by atoms with E-state index in [0.717, 1.165) is 37.6 Å². The number of pyridine rings is 1. The average Bonchev–Trinajstić information content (AvgIpc) is 3.16. The number of anilines is 1. The summed E-state index contributed by atoms with van der Waals surface area (Å²) in [5.41, 5.74) is 1.41. The molecule has 6 heteroatoms. The van der Waals surface area contributed by atoms with Crippen molar-refractivity contribution in [2.75, 3.05) is 18.0 Å². The third kappa shape index (κ3) is 2.44. The zero-order chi connectivity index (χ0) is 15.8. The summed E-state index contributed by atoms with van der Waals surface area (Å²) in [5, 5.41) is 0. The number of rotatable bonds is 2. The molecule has 0 aliphatic carbocycles. The molecule has 2 fully saturated rings. The van der Waals surface area contributed by atoms with Gasteiger partial charge < -0.3 is 9.80 Å². The molecule has 23 heavy (non-hydrogen) atoms. The number of aryl methyl sites for hydroxylation is 1. The summed E-state index contributed by atoms with van der Waals surface area (Å²) in [6.45, 7) is 3.57. The van der Waals surface area contributed by atoms with Gasteiger partial charge in [0.2, 0.25) is 5.95 Å². The van der Waals surface area contributed by atoms with Crippen molar-refractivity contribution in [3.63, 3.8) is 0 Å². The maximum Gasteiger partial charge on any atom is 0.272 e. The molecule has 2 saturated heterocycles. The summed E-state index contributed by atoms with van der Waals surface area (Å²) >= 11 is 0. The van der Waals surface area contributed by atoms with E-state index in [4.69, 9.17) is 0 Å². The van der Waals surface area contributed by atoms with Crippen molar-refractivity contribution in [3.05, 3.63) is 48.0 Å². The summed E-state index contributed by atoms with van der Waals surface area (Å²) in [4.78, 5) is 30.1. The summed E-state index contributed by atoms with van der Waals surface area (Å²) < 4.78 is 0. The van der Waals surface area contributed by atoms with Gasteiger partial charge in [0.05, 0.1) is 12.1 Å². The summed E-state index contributed by atoms with van der Waals surface area (Å²) in [5.74, 6) is 0.806. The zero-order valence-electron chi connectivity index (χ0n) is 13.1. The minimum absolute atomic E-state index is 0.0389. The molecule has 0 bridgehead atoms. The number of likely N-dealkylation sites (tertiary alicyclic amines) is 1. The Morgan fingerprint density at radius 3 is 2.65 bits per heavy atom. The Morgan fingerprint density at radius 2 is 1.87 bits per heavy atom. The Bertz CT molecular complexity index is 720. The van der Waals surface area contributed by atoms with E-state index < -0.39 is 0 Å². The van der Waals surface area contributed by atoms with Crippen molar-refractivity contribution < 1.29 is 4.79 Å². The maximum atomic E-state index is 12.8. The van der Waals surface area contributed by atoms with Crippen LogP contribution in [0, 0.1) is 6.92 Å². The van der Waals surface area contributed by atoms with Crippen LogP contribution in [0.2, 0.25) is 0 Å². The number of aromatic nitrogens is 3. The number of hydrogen-bond acceptors (Lipinski definition) is 5. The van der Waals surface area contributed by atoms with Gasteiger partial charge in [0.25, 0.3) is 5.91 Å². The van der Waals surface area contributed by atoms with Crippen LogP contribution in [0.4, 0.5) is 5.95 Å². The van der Waals surface area contributed by atoms with E-state index in [9.17, 15) is 4.79 Å². The molecular formula is C17H19N5O.